The van der Waals surface area contributed by atoms with E-state index in [2.05, 4.69) is 23.5 Å². The number of fused-ring (bicyclic) bond motifs is 5. The first-order chi connectivity index (χ1) is 10.7. The summed E-state index contributed by atoms with van der Waals surface area (Å²) in [5.41, 5.74) is 3.67. The highest BCUT2D eigenvalue weighted by molar-refractivity contribution is 7.12. The second kappa shape index (κ2) is 5.02. The average Bonchev–Trinajstić information content (AvgIpc) is 3.03. The molecule has 2 aliphatic rings. The molecule has 4 rings (SSSR count). The Morgan fingerprint density at radius 3 is 2.73 bits per heavy atom. The molecule has 2 atom stereocenters. The van der Waals surface area contributed by atoms with Gasteiger partial charge in [-0.2, -0.15) is 0 Å². The first-order valence-corrected chi connectivity index (χ1v) is 8.24. The van der Waals surface area contributed by atoms with Crippen LogP contribution in [0.15, 0.2) is 23.6 Å². The highest BCUT2D eigenvalue weighted by Gasteiger charge is 2.39. The zero-order chi connectivity index (χ0) is 15.3. The maximum atomic E-state index is 12.2. The van der Waals surface area contributed by atoms with Gasteiger partial charge in [0, 0.05) is 12.0 Å². The van der Waals surface area contributed by atoms with Crippen LogP contribution < -0.4 is 14.8 Å². The second-order valence-corrected chi connectivity index (χ2v) is 6.62. The van der Waals surface area contributed by atoms with Gasteiger partial charge in [0.1, 0.15) is 0 Å². The van der Waals surface area contributed by atoms with E-state index in [1.165, 1.54) is 22.5 Å². The molecule has 1 aliphatic carbocycles. The van der Waals surface area contributed by atoms with Gasteiger partial charge < -0.3 is 14.8 Å². The summed E-state index contributed by atoms with van der Waals surface area (Å²) in [5, 5.41) is 5.17. The molecule has 0 saturated heterocycles. The predicted molar refractivity (Wildman–Crippen MR) is 85.3 cm³/mol. The second-order valence-electron chi connectivity index (χ2n) is 5.71. The summed E-state index contributed by atoms with van der Waals surface area (Å²) in [6.07, 6.45) is 1.89. The number of nitrogens with one attached hydrogen (secondary N) is 1. The van der Waals surface area contributed by atoms with E-state index in [0.717, 1.165) is 34.8 Å². The quantitative estimate of drug-likeness (QED) is 0.927. The Morgan fingerprint density at radius 2 is 1.95 bits per heavy atom. The van der Waals surface area contributed by atoms with Crippen LogP contribution in [0.25, 0.3) is 0 Å². The van der Waals surface area contributed by atoms with E-state index in [4.69, 9.17) is 9.47 Å². The summed E-state index contributed by atoms with van der Waals surface area (Å²) in [5.74, 6) is 1.79. The number of benzene rings is 1. The van der Waals surface area contributed by atoms with Crippen LogP contribution >= 0.6 is 11.3 Å². The van der Waals surface area contributed by atoms with Crippen LogP contribution in [-0.2, 0) is 6.42 Å². The molecule has 1 aromatic carbocycles. The van der Waals surface area contributed by atoms with Gasteiger partial charge in [0.05, 0.1) is 19.1 Å². The van der Waals surface area contributed by atoms with Crippen molar-refractivity contribution >= 4 is 17.2 Å². The topological polar surface area (TPSA) is 47.6 Å². The number of ether oxygens (including phenoxy) is 2. The molecule has 5 heteroatoms. The lowest BCUT2D eigenvalue weighted by molar-refractivity contribution is 0.0919. The van der Waals surface area contributed by atoms with Crippen molar-refractivity contribution in [2.75, 3.05) is 14.2 Å². The minimum Gasteiger partial charge on any atom is -0.493 e. The smallest absolute Gasteiger partial charge is 0.261 e. The van der Waals surface area contributed by atoms with Crippen molar-refractivity contribution in [3.8, 4) is 11.5 Å². The Hall–Kier alpha value is -2.01. The molecule has 22 heavy (non-hydrogen) atoms. The molecule has 0 bridgehead atoms. The van der Waals surface area contributed by atoms with E-state index >= 15 is 0 Å². The number of amides is 1. The fourth-order valence-corrected chi connectivity index (χ4v) is 4.51. The number of rotatable bonds is 2. The van der Waals surface area contributed by atoms with Crippen LogP contribution in [0.1, 0.15) is 38.7 Å². The van der Waals surface area contributed by atoms with Gasteiger partial charge in [-0.05, 0) is 53.1 Å². The molecular formula is C17H17NO3S. The van der Waals surface area contributed by atoms with Crippen molar-refractivity contribution in [1.82, 2.24) is 5.32 Å². The van der Waals surface area contributed by atoms with Crippen molar-refractivity contribution in [3.63, 3.8) is 0 Å². The number of methoxy groups -OCH3 is 2. The lowest BCUT2D eigenvalue weighted by atomic mass is 9.74. The molecule has 0 radical (unpaired) electrons. The van der Waals surface area contributed by atoms with Crippen molar-refractivity contribution in [1.29, 1.82) is 0 Å². The fraction of sp³-hybridized carbons (Fsp3) is 0.353. The predicted octanol–water partition coefficient (Wildman–Crippen LogP) is 2.96. The number of aryl methyl sites for hydroxylation is 1. The summed E-state index contributed by atoms with van der Waals surface area (Å²) in [6.45, 7) is 0. The van der Waals surface area contributed by atoms with Gasteiger partial charge in [-0.25, -0.2) is 0 Å². The van der Waals surface area contributed by atoms with Crippen LogP contribution in [0.2, 0.25) is 0 Å². The molecule has 1 aliphatic heterocycles. The van der Waals surface area contributed by atoms with Gasteiger partial charge in [-0.3, -0.25) is 4.79 Å². The largest absolute Gasteiger partial charge is 0.493 e. The Bertz CT molecular complexity index is 752. The normalized spacial score (nSPS) is 22.2. The van der Waals surface area contributed by atoms with Crippen molar-refractivity contribution in [2.45, 2.75) is 24.8 Å². The minimum atomic E-state index is 0.0650. The van der Waals surface area contributed by atoms with Gasteiger partial charge in [-0.1, -0.05) is 0 Å². The van der Waals surface area contributed by atoms with Crippen LogP contribution in [0, 0.1) is 0 Å². The fourth-order valence-electron chi connectivity index (χ4n) is 3.66. The van der Waals surface area contributed by atoms with E-state index in [1.807, 2.05) is 5.38 Å². The number of hydrogen-bond acceptors (Lipinski definition) is 4. The molecule has 1 N–H and O–H groups in total. The van der Waals surface area contributed by atoms with E-state index in [9.17, 15) is 4.79 Å². The zero-order valence-corrected chi connectivity index (χ0v) is 13.3. The van der Waals surface area contributed by atoms with E-state index in [1.54, 1.807) is 14.2 Å². The zero-order valence-electron chi connectivity index (χ0n) is 12.5. The van der Waals surface area contributed by atoms with Gasteiger partial charge in [0.15, 0.2) is 11.5 Å². The highest BCUT2D eigenvalue weighted by Crippen LogP contribution is 2.45. The first kappa shape index (κ1) is 13.6. The Morgan fingerprint density at radius 1 is 1.18 bits per heavy atom. The Kier molecular flexibility index (Phi) is 3.11. The van der Waals surface area contributed by atoms with Crippen LogP contribution in [-0.4, -0.2) is 26.2 Å². The number of carbonyl (C=O) groups excluding carboxylic acids is 1. The van der Waals surface area contributed by atoms with Crippen molar-refractivity contribution < 1.29 is 14.3 Å². The maximum Gasteiger partial charge on any atom is 0.261 e. The molecule has 0 saturated carbocycles. The third kappa shape index (κ3) is 1.85. The molecule has 0 fully saturated rings. The molecule has 4 nitrogen and oxygen atoms in total. The van der Waals surface area contributed by atoms with Crippen LogP contribution in [0.3, 0.4) is 0 Å². The Balaban J connectivity index is 1.90. The lowest BCUT2D eigenvalue weighted by Crippen LogP contribution is -2.46. The van der Waals surface area contributed by atoms with Gasteiger partial charge in [0.2, 0.25) is 0 Å². The monoisotopic (exact) mass is 315 g/mol. The summed E-state index contributed by atoms with van der Waals surface area (Å²) < 4.78 is 10.9. The van der Waals surface area contributed by atoms with Gasteiger partial charge >= 0.3 is 0 Å². The average molecular weight is 315 g/mol. The summed E-state index contributed by atoms with van der Waals surface area (Å²) >= 11 is 1.51. The minimum absolute atomic E-state index is 0.0650. The van der Waals surface area contributed by atoms with E-state index < -0.39 is 0 Å². The highest BCUT2D eigenvalue weighted by atomic mass is 32.1. The molecule has 2 aromatic rings. The molecular weight excluding hydrogens is 298 g/mol. The maximum absolute atomic E-state index is 12.2. The molecule has 0 unspecified atom stereocenters. The van der Waals surface area contributed by atoms with E-state index in [0.29, 0.717) is 0 Å². The molecule has 114 valence electrons. The van der Waals surface area contributed by atoms with Crippen LogP contribution in [0.5, 0.6) is 11.5 Å². The molecule has 1 aromatic heterocycles. The third-order valence-corrected chi connectivity index (χ3v) is 5.59. The van der Waals surface area contributed by atoms with Gasteiger partial charge in [0.25, 0.3) is 5.91 Å². The number of hydrogen-bond donors (Lipinski definition) is 1. The van der Waals surface area contributed by atoms with Crippen molar-refractivity contribution in [3.05, 3.63) is 45.1 Å². The number of thiophene rings is 1. The third-order valence-electron chi connectivity index (χ3n) is 4.66. The standard InChI is InChI=1S/C17H17NO3S/c1-20-13-7-9-3-4-12-15(11(9)8-14(13)21-2)10-5-6-22-16(10)17(19)18-12/h5-8,12,15H,3-4H2,1-2H3,(H,18,19)/t12-,15-/m0/s1. The Labute approximate surface area is 133 Å². The van der Waals surface area contributed by atoms with Gasteiger partial charge in [-0.15, -0.1) is 11.3 Å². The van der Waals surface area contributed by atoms with Crippen molar-refractivity contribution in [2.24, 2.45) is 0 Å². The summed E-state index contributed by atoms with van der Waals surface area (Å²) in [7, 11) is 3.32. The number of carbonyl (C=O) groups is 1. The molecule has 2 heterocycles. The summed E-state index contributed by atoms with van der Waals surface area (Å²) in [6, 6.07) is 6.40. The molecule has 0 spiro atoms. The molecule has 1 amide bonds. The first-order valence-electron chi connectivity index (χ1n) is 7.36. The van der Waals surface area contributed by atoms with Crippen LogP contribution in [0.4, 0.5) is 0 Å². The van der Waals surface area contributed by atoms with E-state index in [-0.39, 0.29) is 17.9 Å². The summed E-state index contributed by atoms with van der Waals surface area (Å²) in [4.78, 5) is 13.0. The SMILES string of the molecule is COc1cc2c(cc1OC)[C@@H]1c3ccsc3C(=O)N[C@H]1CC2. The lowest BCUT2D eigenvalue weighted by Gasteiger charge is -2.38.